The molecule has 6 heteroatoms. The number of nitro groups is 2. The molecule has 1 aromatic rings. The first-order chi connectivity index (χ1) is 8.59. The smallest absolute Gasteiger partial charge is 0.258 e. The summed E-state index contributed by atoms with van der Waals surface area (Å²) in [6.07, 6.45) is 5.44. The number of hydrogen-bond acceptors (Lipinski definition) is 4. The van der Waals surface area contributed by atoms with Crippen molar-refractivity contribution < 1.29 is 9.85 Å². The maximum Gasteiger partial charge on any atom is 0.487 e. The van der Waals surface area contributed by atoms with E-state index in [0.29, 0.717) is 5.56 Å². The Bertz CT molecular complexity index is 522. The topological polar surface area (TPSA) is 86.3 Å². The van der Waals surface area contributed by atoms with Crippen LogP contribution in [0, 0.1) is 20.2 Å². The number of hydrogen-bond donors (Lipinski definition) is 0. The predicted molar refractivity (Wildman–Crippen MR) is 64.2 cm³/mol. The fraction of sp³-hybridized carbons (Fsp3) is 0.167. The van der Waals surface area contributed by atoms with Gasteiger partial charge in [0.1, 0.15) is 15.8 Å². The van der Waals surface area contributed by atoms with Crippen LogP contribution in [0.15, 0.2) is 54.6 Å². The maximum atomic E-state index is 11.2. The first-order valence-corrected chi connectivity index (χ1v) is 5.29. The van der Waals surface area contributed by atoms with Gasteiger partial charge in [0, 0.05) is 0 Å². The van der Waals surface area contributed by atoms with Crippen LogP contribution < -0.4 is 0 Å². The van der Waals surface area contributed by atoms with E-state index in [1.54, 1.807) is 36.4 Å². The van der Waals surface area contributed by atoms with Crippen LogP contribution in [0.2, 0.25) is 0 Å². The zero-order valence-electron chi connectivity index (χ0n) is 9.30. The van der Waals surface area contributed by atoms with Crippen LogP contribution in [0.3, 0.4) is 0 Å². The van der Waals surface area contributed by atoms with E-state index in [1.165, 1.54) is 12.2 Å². The zero-order valence-corrected chi connectivity index (χ0v) is 9.30. The molecular formula is C12H10N2O4. The van der Waals surface area contributed by atoms with E-state index in [0.717, 1.165) is 6.08 Å². The minimum Gasteiger partial charge on any atom is -0.258 e. The van der Waals surface area contributed by atoms with Crippen molar-refractivity contribution in [3.8, 4) is 0 Å². The summed E-state index contributed by atoms with van der Waals surface area (Å²) in [5.74, 6) is -0.909. The summed E-state index contributed by atoms with van der Waals surface area (Å²) in [6, 6.07) is 8.45. The average molecular weight is 246 g/mol. The van der Waals surface area contributed by atoms with Crippen molar-refractivity contribution in [1.29, 1.82) is 0 Å². The second kappa shape index (κ2) is 4.40. The summed E-state index contributed by atoms with van der Waals surface area (Å²) in [6.45, 7) is 0. The van der Waals surface area contributed by atoms with E-state index in [2.05, 4.69) is 0 Å². The maximum absolute atomic E-state index is 11.2. The van der Waals surface area contributed by atoms with E-state index in [1.807, 2.05) is 0 Å². The van der Waals surface area contributed by atoms with Gasteiger partial charge in [-0.3, -0.25) is 20.2 Å². The normalized spacial score (nSPS) is 20.6. The molecule has 6 nitrogen and oxygen atoms in total. The van der Waals surface area contributed by atoms with Gasteiger partial charge in [0.2, 0.25) is 0 Å². The summed E-state index contributed by atoms with van der Waals surface area (Å²) in [5.41, 5.74) is -1.78. The van der Waals surface area contributed by atoms with Crippen molar-refractivity contribution in [3.63, 3.8) is 0 Å². The highest BCUT2D eigenvalue weighted by Gasteiger charge is 2.61. The van der Waals surface area contributed by atoms with E-state index in [9.17, 15) is 20.2 Å². The Kier molecular flexibility index (Phi) is 2.93. The van der Waals surface area contributed by atoms with Crippen molar-refractivity contribution in [1.82, 2.24) is 0 Å². The van der Waals surface area contributed by atoms with Gasteiger partial charge >= 0.3 is 5.66 Å². The summed E-state index contributed by atoms with van der Waals surface area (Å²) in [4.78, 5) is 20.7. The molecule has 1 aromatic carbocycles. The van der Waals surface area contributed by atoms with Crippen molar-refractivity contribution in [3.05, 3.63) is 80.4 Å². The molecule has 0 radical (unpaired) electrons. The third-order valence-electron chi connectivity index (χ3n) is 2.96. The molecular weight excluding hydrogens is 236 g/mol. The molecule has 0 saturated carbocycles. The molecule has 0 saturated heterocycles. The number of allylic oxidation sites excluding steroid dienone is 2. The molecule has 0 N–H and O–H groups in total. The average Bonchev–Trinajstić information content (AvgIpc) is 2.39. The number of nitrogens with zero attached hydrogens (tertiary/aromatic N) is 2. The number of rotatable bonds is 3. The van der Waals surface area contributed by atoms with Crippen LogP contribution in [0.1, 0.15) is 11.5 Å². The highest BCUT2D eigenvalue weighted by Crippen LogP contribution is 2.36. The lowest BCUT2D eigenvalue weighted by Crippen LogP contribution is -2.49. The Hall–Kier alpha value is -2.50. The third-order valence-corrected chi connectivity index (χ3v) is 2.96. The molecule has 1 aliphatic carbocycles. The van der Waals surface area contributed by atoms with Gasteiger partial charge in [-0.15, -0.1) is 0 Å². The number of benzene rings is 1. The van der Waals surface area contributed by atoms with Crippen LogP contribution in [0.4, 0.5) is 0 Å². The van der Waals surface area contributed by atoms with Crippen molar-refractivity contribution in [2.75, 3.05) is 0 Å². The van der Waals surface area contributed by atoms with Crippen LogP contribution in [0.5, 0.6) is 0 Å². The van der Waals surface area contributed by atoms with Gasteiger partial charge in [-0.2, -0.15) is 0 Å². The zero-order chi connectivity index (χ0) is 13.2. The standard InChI is InChI=1S/C12H10N2O4/c15-13(16)12(14(17)18)9-5-4-8-11(12)10-6-2-1-3-7-10/h1-9,11H. The van der Waals surface area contributed by atoms with Gasteiger partial charge in [-0.1, -0.05) is 48.6 Å². The van der Waals surface area contributed by atoms with Crippen LogP contribution in [-0.2, 0) is 0 Å². The Morgan fingerprint density at radius 1 is 1.00 bits per heavy atom. The first kappa shape index (κ1) is 12.0. The Labute approximate surface area is 103 Å². The van der Waals surface area contributed by atoms with Gasteiger partial charge in [0.05, 0.1) is 6.08 Å². The fourth-order valence-electron chi connectivity index (χ4n) is 2.05. The molecule has 0 fully saturated rings. The molecule has 18 heavy (non-hydrogen) atoms. The lowest BCUT2D eigenvalue weighted by molar-refractivity contribution is -0.783. The van der Waals surface area contributed by atoms with Gasteiger partial charge in [-0.05, 0) is 5.56 Å². The molecule has 0 aliphatic heterocycles. The van der Waals surface area contributed by atoms with E-state index in [4.69, 9.17) is 0 Å². The lowest BCUT2D eigenvalue weighted by atomic mass is 9.83. The molecule has 0 bridgehead atoms. The Morgan fingerprint density at radius 2 is 1.61 bits per heavy atom. The second-order valence-corrected chi connectivity index (χ2v) is 3.93. The molecule has 1 unspecified atom stereocenters. The van der Waals surface area contributed by atoms with E-state index in [-0.39, 0.29) is 0 Å². The Balaban J connectivity index is 2.57. The summed E-state index contributed by atoms with van der Waals surface area (Å²) < 4.78 is 0. The molecule has 0 amide bonds. The van der Waals surface area contributed by atoms with Gasteiger partial charge in [-0.25, -0.2) is 0 Å². The molecule has 2 rings (SSSR count). The third kappa shape index (κ3) is 1.67. The molecule has 92 valence electrons. The van der Waals surface area contributed by atoms with Gasteiger partial charge < -0.3 is 0 Å². The molecule has 0 aromatic heterocycles. The summed E-state index contributed by atoms with van der Waals surface area (Å²) >= 11 is 0. The fourth-order valence-corrected chi connectivity index (χ4v) is 2.05. The minimum absolute atomic E-state index is 0.548. The predicted octanol–water partition coefficient (Wildman–Crippen LogP) is 2.15. The van der Waals surface area contributed by atoms with Gasteiger partial charge in [0.15, 0.2) is 0 Å². The first-order valence-electron chi connectivity index (χ1n) is 5.29. The van der Waals surface area contributed by atoms with Crippen LogP contribution in [-0.4, -0.2) is 15.5 Å². The minimum atomic E-state index is -2.32. The summed E-state index contributed by atoms with van der Waals surface area (Å²) in [5, 5.41) is 22.4. The summed E-state index contributed by atoms with van der Waals surface area (Å²) in [7, 11) is 0. The quantitative estimate of drug-likeness (QED) is 0.464. The molecule has 1 atom stereocenters. The molecule has 1 aliphatic rings. The monoisotopic (exact) mass is 246 g/mol. The lowest BCUT2D eigenvalue weighted by Gasteiger charge is -2.23. The van der Waals surface area contributed by atoms with Crippen LogP contribution in [0.25, 0.3) is 0 Å². The van der Waals surface area contributed by atoms with Gasteiger partial charge in [0.25, 0.3) is 0 Å². The molecule has 0 spiro atoms. The second-order valence-electron chi connectivity index (χ2n) is 3.93. The van der Waals surface area contributed by atoms with Crippen LogP contribution >= 0.6 is 0 Å². The Morgan fingerprint density at radius 3 is 2.17 bits per heavy atom. The van der Waals surface area contributed by atoms with E-state index < -0.39 is 21.4 Å². The SMILES string of the molecule is O=[N+]([O-])C1([N+](=O)[O-])C=CC=CC1c1ccccc1. The molecule has 0 heterocycles. The largest absolute Gasteiger partial charge is 0.487 e. The van der Waals surface area contributed by atoms with E-state index >= 15 is 0 Å². The highest BCUT2D eigenvalue weighted by atomic mass is 16.7. The van der Waals surface area contributed by atoms with Crippen molar-refractivity contribution in [2.24, 2.45) is 0 Å². The highest BCUT2D eigenvalue weighted by molar-refractivity contribution is 5.33. The van der Waals surface area contributed by atoms with Crippen molar-refractivity contribution >= 4 is 0 Å². The van der Waals surface area contributed by atoms with Crippen molar-refractivity contribution in [2.45, 2.75) is 11.6 Å².